The van der Waals surface area contributed by atoms with Crippen molar-refractivity contribution >= 4 is 17.8 Å². The zero-order valence-corrected chi connectivity index (χ0v) is 15.5. The molecular formula is C19H22F3N3O3. The van der Waals surface area contributed by atoms with Gasteiger partial charge in [-0.15, -0.1) is 0 Å². The molecule has 0 aliphatic carbocycles. The summed E-state index contributed by atoms with van der Waals surface area (Å²) < 4.78 is 38.5. The van der Waals surface area contributed by atoms with E-state index >= 15 is 0 Å². The summed E-state index contributed by atoms with van der Waals surface area (Å²) in [6.07, 6.45) is -1.20. The molecule has 1 unspecified atom stereocenters. The molecule has 28 heavy (non-hydrogen) atoms. The summed E-state index contributed by atoms with van der Waals surface area (Å²) in [5, 5.41) is 0. The number of nitrogens with zero attached hydrogens (tertiary/aromatic N) is 3. The van der Waals surface area contributed by atoms with Crippen LogP contribution in [-0.2, 0) is 15.8 Å². The Morgan fingerprint density at radius 3 is 2.36 bits per heavy atom. The maximum absolute atomic E-state index is 12.9. The molecule has 1 aromatic rings. The Morgan fingerprint density at radius 2 is 1.79 bits per heavy atom. The Balaban J connectivity index is 1.78. The van der Waals surface area contributed by atoms with Gasteiger partial charge in [0, 0.05) is 13.6 Å². The molecule has 0 N–H and O–H groups in total. The number of likely N-dealkylation sites (tertiary alicyclic amines) is 1. The highest BCUT2D eigenvalue weighted by molar-refractivity contribution is 6.03. The van der Waals surface area contributed by atoms with E-state index in [0.29, 0.717) is 18.5 Å². The number of likely N-dealkylation sites (N-methyl/N-ethyl adjacent to an activating group) is 1. The van der Waals surface area contributed by atoms with Gasteiger partial charge in [-0.2, -0.15) is 13.2 Å². The first-order valence-electron chi connectivity index (χ1n) is 9.20. The molecule has 2 aliphatic heterocycles. The van der Waals surface area contributed by atoms with Gasteiger partial charge in [-0.25, -0.2) is 4.79 Å². The summed E-state index contributed by atoms with van der Waals surface area (Å²) in [6, 6.07) is 4.03. The molecule has 3 rings (SSSR count). The number of rotatable bonds is 3. The van der Waals surface area contributed by atoms with Gasteiger partial charge in [0.25, 0.3) is 0 Å². The van der Waals surface area contributed by atoms with Crippen LogP contribution in [0.3, 0.4) is 0 Å². The molecule has 2 aliphatic rings. The van der Waals surface area contributed by atoms with Crippen LogP contribution in [0.25, 0.3) is 0 Å². The predicted octanol–water partition coefficient (Wildman–Crippen LogP) is 3.04. The highest BCUT2D eigenvalue weighted by Gasteiger charge is 2.36. The van der Waals surface area contributed by atoms with E-state index in [1.165, 1.54) is 24.1 Å². The van der Waals surface area contributed by atoms with E-state index in [0.717, 1.165) is 36.3 Å². The van der Waals surface area contributed by atoms with Crippen LogP contribution >= 0.6 is 0 Å². The van der Waals surface area contributed by atoms with Crippen molar-refractivity contribution in [1.82, 2.24) is 14.7 Å². The fourth-order valence-electron chi connectivity index (χ4n) is 3.68. The molecule has 6 nitrogen and oxygen atoms in total. The zero-order valence-electron chi connectivity index (χ0n) is 15.5. The van der Waals surface area contributed by atoms with Crippen LogP contribution in [0, 0.1) is 0 Å². The van der Waals surface area contributed by atoms with Crippen molar-refractivity contribution in [1.29, 1.82) is 0 Å². The standard InChI is InChI=1S/C19H22F3N3O3/c1-23-16(26)11-24(18(23)28)12-17(27)25-10-4-2-3-5-15(25)13-6-8-14(9-7-13)19(20,21)22/h6-9,15H,2-5,10-12H2,1H3. The van der Waals surface area contributed by atoms with Gasteiger partial charge in [0.2, 0.25) is 11.8 Å². The molecule has 2 heterocycles. The van der Waals surface area contributed by atoms with Crippen molar-refractivity contribution < 1.29 is 27.6 Å². The van der Waals surface area contributed by atoms with Crippen molar-refractivity contribution in [3.63, 3.8) is 0 Å². The van der Waals surface area contributed by atoms with E-state index in [1.54, 1.807) is 4.90 Å². The lowest BCUT2D eigenvalue weighted by molar-refractivity contribution is -0.138. The van der Waals surface area contributed by atoms with E-state index in [1.807, 2.05) is 0 Å². The largest absolute Gasteiger partial charge is 0.416 e. The smallest absolute Gasteiger partial charge is 0.334 e. The number of amides is 4. The molecule has 1 aromatic carbocycles. The molecule has 0 bridgehead atoms. The minimum Gasteiger partial charge on any atom is -0.334 e. The SMILES string of the molecule is CN1C(=O)CN(CC(=O)N2CCCCCC2c2ccc(C(F)(F)F)cc2)C1=O. The molecular weight excluding hydrogens is 375 g/mol. The van der Waals surface area contributed by atoms with Crippen molar-refractivity contribution in [3.8, 4) is 0 Å². The van der Waals surface area contributed by atoms with Gasteiger partial charge in [-0.1, -0.05) is 25.0 Å². The van der Waals surface area contributed by atoms with Crippen LogP contribution in [0.2, 0.25) is 0 Å². The second kappa shape index (κ2) is 7.81. The third-order valence-corrected chi connectivity index (χ3v) is 5.28. The highest BCUT2D eigenvalue weighted by atomic mass is 19.4. The minimum atomic E-state index is -4.41. The lowest BCUT2D eigenvalue weighted by Crippen LogP contribution is -2.43. The van der Waals surface area contributed by atoms with Crippen LogP contribution in [0.4, 0.5) is 18.0 Å². The first kappa shape index (κ1) is 20.2. The second-order valence-corrected chi connectivity index (χ2v) is 7.16. The minimum absolute atomic E-state index is 0.139. The normalized spacial score (nSPS) is 21.3. The molecule has 0 saturated carbocycles. The number of carbonyl (C=O) groups excluding carboxylic acids is 3. The molecule has 0 aromatic heterocycles. The topological polar surface area (TPSA) is 60.9 Å². The summed E-state index contributed by atoms with van der Waals surface area (Å²) in [7, 11) is 1.37. The Labute approximate surface area is 160 Å². The van der Waals surface area contributed by atoms with E-state index in [2.05, 4.69) is 0 Å². The fraction of sp³-hybridized carbons (Fsp3) is 0.526. The van der Waals surface area contributed by atoms with Crippen LogP contribution in [-0.4, -0.2) is 59.2 Å². The van der Waals surface area contributed by atoms with E-state index in [9.17, 15) is 27.6 Å². The Hall–Kier alpha value is -2.58. The molecule has 4 amide bonds. The number of benzene rings is 1. The summed E-state index contributed by atoms with van der Waals surface area (Å²) in [6.45, 7) is 0.113. The average Bonchev–Trinajstić information content (AvgIpc) is 2.85. The van der Waals surface area contributed by atoms with Gasteiger partial charge >= 0.3 is 12.2 Å². The van der Waals surface area contributed by atoms with E-state index < -0.39 is 17.8 Å². The third kappa shape index (κ3) is 4.13. The lowest BCUT2D eigenvalue weighted by Gasteiger charge is -2.32. The van der Waals surface area contributed by atoms with Crippen molar-refractivity contribution in [2.24, 2.45) is 0 Å². The van der Waals surface area contributed by atoms with Crippen LogP contribution < -0.4 is 0 Å². The maximum atomic E-state index is 12.9. The number of alkyl halides is 3. The van der Waals surface area contributed by atoms with Gasteiger partial charge in [-0.05, 0) is 30.5 Å². The molecule has 0 radical (unpaired) electrons. The first-order valence-corrected chi connectivity index (χ1v) is 9.20. The van der Waals surface area contributed by atoms with Crippen molar-refractivity contribution in [3.05, 3.63) is 35.4 Å². The number of halogens is 3. The summed E-state index contributed by atoms with van der Waals surface area (Å²) in [5.74, 6) is -0.670. The lowest BCUT2D eigenvalue weighted by atomic mass is 9.99. The van der Waals surface area contributed by atoms with Crippen LogP contribution in [0.1, 0.15) is 42.9 Å². The quantitative estimate of drug-likeness (QED) is 0.737. The van der Waals surface area contributed by atoms with Gasteiger partial charge in [0.15, 0.2) is 0 Å². The predicted molar refractivity (Wildman–Crippen MR) is 94.1 cm³/mol. The molecule has 0 spiro atoms. The maximum Gasteiger partial charge on any atom is 0.416 e. The monoisotopic (exact) mass is 397 g/mol. The second-order valence-electron chi connectivity index (χ2n) is 7.16. The highest BCUT2D eigenvalue weighted by Crippen LogP contribution is 2.34. The summed E-state index contributed by atoms with van der Waals surface area (Å²) in [4.78, 5) is 40.4. The first-order chi connectivity index (χ1) is 13.2. The average molecular weight is 397 g/mol. The van der Waals surface area contributed by atoms with Gasteiger partial charge < -0.3 is 9.80 Å². The Kier molecular flexibility index (Phi) is 5.62. The number of carbonyl (C=O) groups is 3. The molecule has 1 atom stereocenters. The number of imide groups is 1. The van der Waals surface area contributed by atoms with Crippen LogP contribution in [0.15, 0.2) is 24.3 Å². The fourth-order valence-corrected chi connectivity index (χ4v) is 3.68. The summed E-state index contributed by atoms with van der Waals surface area (Å²) >= 11 is 0. The number of hydrogen-bond acceptors (Lipinski definition) is 3. The van der Waals surface area contributed by atoms with Crippen molar-refractivity contribution in [2.45, 2.75) is 37.9 Å². The molecule has 2 fully saturated rings. The Bertz CT molecular complexity index is 764. The van der Waals surface area contributed by atoms with Gasteiger partial charge in [0.05, 0.1) is 11.6 Å². The number of hydrogen-bond donors (Lipinski definition) is 0. The molecule has 9 heteroatoms. The summed E-state index contributed by atoms with van der Waals surface area (Å²) in [5.41, 5.74) is -0.0869. The van der Waals surface area contributed by atoms with Gasteiger partial charge in [0.1, 0.15) is 13.1 Å². The molecule has 152 valence electrons. The van der Waals surface area contributed by atoms with E-state index in [-0.39, 0.29) is 30.9 Å². The van der Waals surface area contributed by atoms with Crippen molar-refractivity contribution in [2.75, 3.05) is 26.7 Å². The van der Waals surface area contributed by atoms with E-state index in [4.69, 9.17) is 0 Å². The number of urea groups is 1. The molecule has 2 saturated heterocycles. The zero-order chi connectivity index (χ0) is 20.5. The van der Waals surface area contributed by atoms with Gasteiger partial charge in [-0.3, -0.25) is 14.5 Å². The third-order valence-electron chi connectivity index (χ3n) is 5.28. The Morgan fingerprint density at radius 1 is 1.11 bits per heavy atom. The van der Waals surface area contributed by atoms with Crippen LogP contribution in [0.5, 0.6) is 0 Å².